The SMILES string of the molecule is CCC(=O)Oc1c(Br)cc(/C=C2\N=C(c3cccs3)OC2=O)cc1OC. The van der Waals surface area contributed by atoms with Gasteiger partial charge in [-0.3, -0.25) is 4.79 Å². The molecule has 0 amide bonds. The highest BCUT2D eigenvalue weighted by Gasteiger charge is 2.25. The highest BCUT2D eigenvalue weighted by atomic mass is 79.9. The van der Waals surface area contributed by atoms with E-state index < -0.39 is 5.97 Å². The lowest BCUT2D eigenvalue weighted by Crippen LogP contribution is -2.07. The number of carbonyl (C=O) groups excluding carboxylic acids is 2. The molecule has 0 spiro atoms. The summed E-state index contributed by atoms with van der Waals surface area (Å²) in [6.45, 7) is 1.70. The molecule has 2 heterocycles. The molecule has 1 aliphatic heterocycles. The van der Waals surface area contributed by atoms with Crippen LogP contribution >= 0.6 is 27.3 Å². The molecule has 0 fully saturated rings. The van der Waals surface area contributed by atoms with E-state index in [0.29, 0.717) is 21.5 Å². The Kier molecular flexibility index (Phi) is 5.53. The normalized spacial score (nSPS) is 15.0. The van der Waals surface area contributed by atoms with Crippen molar-refractivity contribution in [1.82, 2.24) is 0 Å². The maximum Gasteiger partial charge on any atom is 0.363 e. The zero-order valence-electron chi connectivity index (χ0n) is 13.9. The van der Waals surface area contributed by atoms with Gasteiger partial charge >= 0.3 is 11.9 Å². The Bertz CT molecular complexity index is 918. The van der Waals surface area contributed by atoms with Crippen molar-refractivity contribution in [2.24, 2.45) is 4.99 Å². The van der Waals surface area contributed by atoms with Gasteiger partial charge in [-0.05, 0) is 51.1 Å². The number of benzene rings is 1. The summed E-state index contributed by atoms with van der Waals surface area (Å²) >= 11 is 4.81. The third kappa shape index (κ3) is 3.86. The Morgan fingerprint density at radius 1 is 1.42 bits per heavy atom. The number of aliphatic imine (C=N–C) groups is 1. The van der Waals surface area contributed by atoms with Crippen LogP contribution in [0.4, 0.5) is 0 Å². The van der Waals surface area contributed by atoms with Crippen LogP contribution in [0.25, 0.3) is 6.08 Å². The summed E-state index contributed by atoms with van der Waals surface area (Å²) in [5.74, 6) is 0.0422. The average Bonchev–Trinajstić information content (AvgIpc) is 3.27. The zero-order valence-corrected chi connectivity index (χ0v) is 16.3. The Hall–Kier alpha value is -2.45. The first-order chi connectivity index (χ1) is 12.5. The maximum absolute atomic E-state index is 12.1. The number of rotatable bonds is 5. The molecule has 0 bridgehead atoms. The van der Waals surface area contributed by atoms with Gasteiger partial charge in [0.1, 0.15) is 0 Å². The first kappa shape index (κ1) is 18.3. The molecule has 3 rings (SSSR count). The average molecular weight is 436 g/mol. The van der Waals surface area contributed by atoms with E-state index in [4.69, 9.17) is 14.2 Å². The number of halogens is 1. The first-order valence-electron chi connectivity index (χ1n) is 7.66. The summed E-state index contributed by atoms with van der Waals surface area (Å²) in [6, 6.07) is 7.05. The molecule has 0 atom stereocenters. The van der Waals surface area contributed by atoms with Crippen molar-refractivity contribution in [3.63, 3.8) is 0 Å². The van der Waals surface area contributed by atoms with Crippen molar-refractivity contribution in [2.75, 3.05) is 7.11 Å². The summed E-state index contributed by atoms with van der Waals surface area (Å²) < 4.78 is 16.3. The second-order valence-corrected chi connectivity index (χ2v) is 6.98. The second kappa shape index (κ2) is 7.84. The van der Waals surface area contributed by atoms with E-state index in [-0.39, 0.29) is 24.0 Å². The molecule has 0 radical (unpaired) electrons. The minimum Gasteiger partial charge on any atom is -0.493 e. The van der Waals surface area contributed by atoms with E-state index in [0.717, 1.165) is 4.88 Å². The number of thiophene rings is 1. The van der Waals surface area contributed by atoms with Gasteiger partial charge < -0.3 is 14.2 Å². The van der Waals surface area contributed by atoms with E-state index in [2.05, 4.69) is 20.9 Å². The topological polar surface area (TPSA) is 74.2 Å². The largest absolute Gasteiger partial charge is 0.493 e. The van der Waals surface area contributed by atoms with Gasteiger partial charge in [0.25, 0.3) is 0 Å². The Labute approximate surface area is 162 Å². The fourth-order valence-corrected chi connectivity index (χ4v) is 3.37. The van der Waals surface area contributed by atoms with E-state index in [1.807, 2.05) is 17.5 Å². The molecule has 0 saturated carbocycles. The Morgan fingerprint density at radius 3 is 2.88 bits per heavy atom. The molecule has 8 heteroatoms. The van der Waals surface area contributed by atoms with Crippen molar-refractivity contribution < 1.29 is 23.8 Å². The lowest BCUT2D eigenvalue weighted by molar-refractivity contribution is -0.134. The number of hydrogen-bond acceptors (Lipinski definition) is 7. The smallest absolute Gasteiger partial charge is 0.363 e. The van der Waals surface area contributed by atoms with E-state index in [1.165, 1.54) is 18.4 Å². The van der Waals surface area contributed by atoms with Gasteiger partial charge in [0.05, 0.1) is 16.5 Å². The highest BCUT2D eigenvalue weighted by molar-refractivity contribution is 9.10. The van der Waals surface area contributed by atoms with Crippen molar-refractivity contribution in [2.45, 2.75) is 13.3 Å². The second-order valence-electron chi connectivity index (χ2n) is 5.18. The van der Waals surface area contributed by atoms with E-state index in [1.54, 1.807) is 25.1 Å². The summed E-state index contributed by atoms with van der Waals surface area (Å²) in [4.78, 5) is 28.7. The number of cyclic esters (lactones) is 1. The van der Waals surface area contributed by atoms with Gasteiger partial charge in [0, 0.05) is 6.42 Å². The quantitative estimate of drug-likeness (QED) is 0.400. The number of nitrogens with zero attached hydrogens (tertiary/aromatic N) is 1. The fraction of sp³-hybridized carbons (Fsp3) is 0.167. The molecule has 1 aromatic carbocycles. The Morgan fingerprint density at radius 2 is 2.23 bits per heavy atom. The molecule has 1 aromatic heterocycles. The van der Waals surface area contributed by atoms with Crippen LogP contribution in [0.2, 0.25) is 0 Å². The van der Waals surface area contributed by atoms with Crippen LogP contribution in [-0.2, 0) is 14.3 Å². The number of carbonyl (C=O) groups is 2. The zero-order chi connectivity index (χ0) is 18.7. The van der Waals surface area contributed by atoms with Crippen LogP contribution in [0.15, 0.2) is 44.8 Å². The summed E-state index contributed by atoms with van der Waals surface area (Å²) in [5.41, 5.74) is 0.828. The van der Waals surface area contributed by atoms with Gasteiger partial charge in [0.2, 0.25) is 5.90 Å². The van der Waals surface area contributed by atoms with Crippen LogP contribution in [0.3, 0.4) is 0 Å². The van der Waals surface area contributed by atoms with Crippen molar-refractivity contribution >= 4 is 51.2 Å². The molecule has 6 nitrogen and oxygen atoms in total. The maximum atomic E-state index is 12.1. The van der Waals surface area contributed by atoms with Crippen LogP contribution in [0.5, 0.6) is 11.5 Å². The van der Waals surface area contributed by atoms with Gasteiger partial charge in [-0.2, -0.15) is 0 Å². The fourth-order valence-electron chi connectivity index (χ4n) is 2.18. The summed E-state index contributed by atoms with van der Waals surface area (Å²) in [7, 11) is 1.47. The minimum absolute atomic E-state index is 0.181. The van der Waals surface area contributed by atoms with Crippen molar-refractivity contribution in [3.8, 4) is 11.5 Å². The summed E-state index contributed by atoms with van der Waals surface area (Å²) in [5, 5.41) is 1.88. The predicted octanol–water partition coefficient (Wildman–Crippen LogP) is 4.18. The van der Waals surface area contributed by atoms with Crippen molar-refractivity contribution in [1.29, 1.82) is 0 Å². The number of methoxy groups -OCH3 is 1. The first-order valence-corrected chi connectivity index (χ1v) is 9.33. The van der Waals surface area contributed by atoms with Gasteiger partial charge in [0.15, 0.2) is 17.2 Å². The minimum atomic E-state index is -0.523. The van der Waals surface area contributed by atoms with Crippen LogP contribution in [0, 0.1) is 0 Å². The molecular weight excluding hydrogens is 422 g/mol. The van der Waals surface area contributed by atoms with Crippen LogP contribution in [0.1, 0.15) is 23.8 Å². The molecule has 0 N–H and O–H groups in total. The monoisotopic (exact) mass is 435 g/mol. The van der Waals surface area contributed by atoms with Gasteiger partial charge in [-0.1, -0.05) is 13.0 Å². The molecule has 0 aliphatic carbocycles. The van der Waals surface area contributed by atoms with Gasteiger partial charge in [-0.25, -0.2) is 9.79 Å². The molecule has 1 aliphatic rings. The van der Waals surface area contributed by atoms with Gasteiger partial charge in [-0.15, -0.1) is 11.3 Å². The molecule has 2 aromatic rings. The predicted molar refractivity (Wildman–Crippen MR) is 102 cm³/mol. The molecule has 26 heavy (non-hydrogen) atoms. The highest BCUT2D eigenvalue weighted by Crippen LogP contribution is 2.37. The third-order valence-corrected chi connectivity index (χ3v) is 4.86. The van der Waals surface area contributed by atoms with Crippen molar-refractivity contribution in [3.05, 3.63) is 50.3 Å². The van der Waals surface area contributed by atoms with Crippen LogP contribution in [-0.4, -0.2) is 24.9 Å². The lowest BCUT2D eigenvalue weighted by atomic mass is 10.1. The van der Waals surface area contributed by atoms with E-state index in [9.17, 15) is 9.59 Å². The molecular formula is C18H14BrNO5S. The number of esters is 2. The molecule has 0 unspecified atom stereocenters. The molecule has 0 saturated heterocycles. The molecule has 134 valence electrons. The number of ether oxygens (including phenoxy) is 3. The lowest BCUT2D eigenvalue weighted by Gasteiger charge is -2.11. The van der Waals surface area contributed by atoms with Crippen LogP contribution < -0.4 is 9.47 Å². The Balaban J connectivity index is 1.94. The standard InChI is InChI=1S/C18H14BrNO5S/c1-3-15(21)24-16-11(19)7-10(9-13(16)23-2)8-12-18(22)25-17(20-12)14-5-4-6-26-14/h4-9H,3H2,1-2H3/b12-8-. The third-order valence-electron chi connectivity index (χ3n) is 3.41. The number of hydrogen-bond donors (Lipinski definition) is 0. The van der Waals surface area contributed by atoms with E-state index >= 15 is 0 Å². The summed E-state index contributed by atoms with van der Waals surface area (Å²) in [6.07, 6.45) is 1.83.